The predicted octanol–water partition coefficient (Wildman–Crippen LogP) is 4.01. The van der Waals surface area contributed by atoms with Gasteiger partial charge in [0.1, 0.15) is 0 Å². The third-order valence-corrected chi connectivity index (χ3v) is 5.85. The molecule has 1 aliphatic rings. The molecule has 1 saturated heterocycles. The lowest BCUT2D eigenvalue weighted by atomic mass is 9.95. The molecule has 170 valence electrons. The molecule has 0 unspecified atom stereocenters. The van der Waals surface area contributed by atoms with Crippen LogP contribution in [0.4, 0.5) is 5.69 Å². The lowest BCUT2D eigenvalue weighted by Crippen LogP contribution is -2.42. The third kappa shape index (κ3) is 5.68. The second kappa shape index (κ2) is 10.2. The van der Waals surface area contributed by atoms with Gasteiger partial charge < -0.3 is 20.0 Å². The average molecular weight is 446 g/mol. The van der Waals surface area contributed by atoms with E-state index in [2.05, 4.69) is 10.6 Å². The van der Waals surface area contributed by atoms with Crippen molar-refractivity contribution in [2.75, 3.05) is 18.4 Å². The summed E-state index contributed by atoms with van der Waals surface area (Å²) in [4.78, 5) is 39.2. The first-order valence-corrected chi connectivity index (χ1v) is 11.1. The molecule has 0 bridgehead atoms. The number of furan rings is 1. The van der Waals surface area contributed by atoms with Crippen LogP contribution in [0.1, 0.15) is 44.9 Å². The Labute approximate surface area is 192 Å². The number of nitrogens with one attached hydrogen (secondary N) is 2. The molecular formula is C26H27N3O4. The van der Waals surface area contributed by atoms with E-state index in [-0.39, 0.29) is 23.6 Å². The van der Waals surface area contributed by atoms with Crippen molar-refractivity contribution < 1.29 is 18.8 Å². The molecule has 2 heterocycles. The summed E-state index contributed by atoms with van der Waals surface area (Å²) in [5.74, 6) is -0.132. The Balaban J connectivity index is 1.26. The molecule has 3 aromatic rings. The van der Waals surface area contributed by atoms with E-state index in [1.165, 1.54) is 6.26 Å². The molecule has 3 amide bonds. The highest BCUT2D eigenvalue weighted by Gasteiger charge is 2.28. The fourth-order valence-electron chi connectivity index (χ4n) is 3.90. The standard InChI is InChI=1S/C26H27N3O4/c1-18-7-9-20(10-8-18)25(31)28-22-5-2-4-19(16-22)17-27-24(30)21-11-13-29(14-12-21)26(32)23-6-3-15-33-23/h2-10,15-16,21H,11-14,17H2,1H3,(H,27,30)(H,28,31). The van der Waals surface area contributed by atoms with Crippen LogP contribution >= 0.6 is 0 Å². The molecule has 2 N–H and O–H groups in total. The van der Waals surface area contributed by atoms with E-state index >= 15 is 0 Å². The minimum absolute atomic E-state index is 0.0193. The van der Waals surface area contributed by atoms with Crippen molar-refractivity contribution in [3.05, 3.63) is 89.4 Å². The molecular weight excluding hydrogens is 418 g/mol. The van der Waals surface area contributed by atoms with Crippen LogP contribution in [0.5, 0.6) is 0 Å². The first-order chi connectivity index (χ1) is 16.0. The van der Waals surface area contributed by atoms with Gasteiger partial charge in [0.15, 0.2) is 5.76 Å². The van der Waals surface area contributed by atoms with Crippen LogP contribution < -0.4 is 10.6 Å². The highest BCUT2D eigenvalue weighted by atomic mass is 16.3. The van der Waals surface area contributed by atoms with Gasteiger partial charge in [-0.1, -0.05) is 29.8 Å². The average Bonchev–Trinajstić information content (AvgIpc) is 3.38. The summed E-state index contributed by atoms with van der Waals surface area (Å²) < 4.78 is 5.18. The molecule has 0 spiro atoms. The van der Waals surface area contributed by atoms with Gasteiger partial charge in [-0.2, -0.15) is 0 Å². The Kier molecular flexibility index (Phi) is 6.88. The van der Waals surface area contributed by atoms with E-state index in [4.69, 9.17) is 4.42 Å². The van der Waals surface area contributed by atoms with E-state index < -0.39 is 0 Å². The zero-order chi connectivity index (χ0) is 23.2. The number of piperidine rings is 1. The normalized spacial score (nSPS) is 14.0. The van der Waals surface area contributed by atoms with Gasteiger partial charge in [-0.05, 0) is 61.7 Å². The number of carbonyl (C=O) groups excluding carboxylic acids is 3. The van der Waals surface area contributed by atoms with Crippen molar-refractivity contribution in [3.8, 4) is 0 Å². The minimum atomic E-state index is -0.174. The van der Waals surface area contributed by atoms with Gasteiger partial charge >= 0.3 is 0 Å². The maximum atomic E-state index is 12.6. The minimum Gasteiger partial charge on any atom is -0.459 e. The number of hydrogen-bond acceptors (Lipinski definition) is 4. The summed E-state index contributed by atoms with van der Waals surface area (Å²) >= 11 is 0. The molecule has 33 heavy (non-hydrogen) atoms. The summed E-state index contributed by atoms with van der Waals surface area (Å²) in [6.45, 7) is 3.40. The predicted molar refractivity (Wildman–Crippen MR) is 125 cm³/mol. The van der Waals surface area contributed by atoms with Gasteiger partial charge in [-0.3, -0.25) is 14.4 Å². The van der Waals surface area contributed by atoms with Crippen LogP contribution in [0, 0.1) is 12.8 Å². The summed E-state index contributed by atoms with van der Waals surface area (Å²) in [6, 6.07) is 18.2. The van der Waals surface area contributed by atoms with Crippen molar-refractivity contribution in [1.82, 2.24) is 10.2 Å². The zero-order valence-corrected chi connectivity index (χ0v) is 18.5. The second-order valence-corrected chi connectivity index (χ2v) is 8.28. The highest BCUT2D eigenvalue weighted by molar-refractivity contribution is 6.04. The third-order valence-electron chi connectivity index (χ3n) is 5.85. The van der Waals surface area contributed by atoms with E-state index in [0.717, 1.165) is 11.1 Å². The molecule has 1 aromatic heterocycles. The molecule has 0 radical (unpaired) electrons. The Morgan fingerprint density at radius 3 is 2.45 bits per heavy atom. The van der Waals surface area contributed by atoms with Crippen LogP contribution in [0.25, 0.3) is 0 Å². The molecule has 7 nitrogen and oxygen atoms in total. The number of likely N-dealkylation sites (tertiary alicyclic amines) is 1. The van der Waals surface area contributed by atoms with E-state index in [1.807, 2.05) is 43.3 Å². The Hall–Kier alpha value is -3.87. The molecule has 2 aromatic carbocycles. The van der Waals surface area contributed by atoms with Crippen molar-refractivity contribution in [3.63, 3.8) is 0 Å². The molecule has 7 heteroatoms. The fourth-order valence-corrected chi connectivity index (χ4v) is 3.90. The lowest BCUT2D eigenvalue weighted by molar-refractivity contribution is -0.126. The van der Waals surface area contributed by atoms with Crippen LogP contribution in [0.15, 0.2) is 71.3 Å². The number of hydrogen-bond donors (Lipinski definition) is 2. The molecule has 1 fully saturated rings. The zero-order valence-electron chi connectivity index (χ0n) is 18.5. The molecule has 0 aliphatic carbocycles. The number of aryl methyl sites for hydroxylation is 1. The number of carbonyl (C=O) groups is 3. The lowest BCUT2D eigenvalue weighted by Gasteiger charge is -2.30. The number of amides is 3. The maximum absolute atomic E-state index is 12.6. The largest absolute Gasteiger partial charge is 0.459 e. The van der Waals surface area contributed by atoms with Gasteiger partial charge in [0.2, 0.25) is 5.91 Å². The summed E-state index contributed by atoms with van der Waals surface area (Å²) in [5, 5.41) is 5.88. The van der Waals surface area contributed by atoms with Crippen LogP contribution in [-0.2, 0) is 11.3 Å². The molecule has 1 aliphatic heterocycles. The second-order valence-electron chi connectivity index (χ2n) is 8.28. The quantitative estimate of drug-likeness (QED) is 0.600. The van der Waals surface area contributed by atoms with Gasteiger partial charge in [-0.15, -0.1) is 0 Å². The first-order valence-electron chi connectivity index (χ1n) is 11.1. The van der Waals surface area contributed by atoms with Gasteiger partial charge in [-0.25, -0.2) is 0 Å². The fraction of sp³-hybridized carbons (Fsp3) is 0.269. The Morgan fingerprint density at radius 1 is 1.00 bits per heavy atom. The number of rotatable bonds is 6. The molecule has 0 saturated carbocycles. The first kappa shape index (κ1) is 22.3. The maximum Gasteiger partial charge on any atom is 0.289 e. The van der Waals surface area contributed by atoms with Crippen molar-refractivity contribution in [2.24, 2.45) is 5.92 Å². The van der Waals surface area contributed by atoms with Crippen molar-refractivity contribution in [1.29, 1.82) is 0 Å². The smallest absolute Gasteiger partial charge is 0.289 e. The Morgan fingerprint density at radius 2 is 1.76 bits per heavy atom. The highest BCUT2D eigenvalue weighted by Crippen LogP contribution is 2.20. The Bertz CT molecular complexity index is 1110. The van der Waals surface area contributed by atoms with Crippen molar-refractivity contribution >= 4 is 23.4 Å². The SMILES string of the molecule is Cc1ccc(C(=O)Nc2cccc(CNC(=O)C3CCN(C(=O)c4ccco4)CC3)c2)cc1. The van der Waals surface area contributed by atoms with Crippen LogP contribution in [-0.4, -0.2) is 35.7 Å². The van der Waals surface area contributed by atoms with E-state index in [9.17, 15) is 14.4 Å². The summed E-state index contributed by atoms with van der Waals surface area (Å²) in [7, 11) is 0. The molecule has 0 atom stereocenters. The number of nitrogens with zero attached hydrogens (tertiary/aromatic N) is 1. The summed E-state index contributed by atoms with van der Waals surface area (Å²) in [6.07, 6.45) is 2.71. The topological polar surface area (TPSA) is 91.7 Å². The van der Waals surface area contributed by atoms with E-state index in [1.54, 1.807) is 29.2 Å². The monoisotopic (exact) mass is 445 g/mol. The van der Waals surface area contributed by atoms with E-state index in [0.29, 0.717) is 49.5 Å². The van der Waals surface area contributed by atoms with Crippen molar-refractivity contribution in [2.45, 2.75) is 26.3 Å². The number of benzene rings is 2. The van der Waals surface area contributed by atoms with Crippen LogP contribution in [0.3, 0.4) is 0 Å². The molecule has 4 rings (SSSR count). The summed E-state index contributed by atoms with van der Waals surface area (Å²) in [5.41, 5.74) is 3.27. The van der Waals surface area contributed by atoms with Gasteiger partial charge in [0.25, 0.3) is 11.8 Å². The van der Waals surface area contributed by atoms with Gasteiger partial charge in [0.05, 0.1) is 6.26 Å². The number of anilines is 1. The van der Waals surface area contributed by atoms with Crippen LogP contribution in [0.2, 0.25) is 0 Å². The van der Waals surface area contributed by atoms with Gasteiger partial charge in [0, 0.05) is 36.8 Å².